The van der Waals surface area contributed by atoms with Crippen molar-refractivity contribution in [3.05, 3.63) is 34.3 Å². The number of nitrogens with zero attached hydrogens (tertiary/aromatic N) is 2. The summed E-state index contributed by atoms with van der Waals surface area (Å²) in [4.78, 5) is 29.2. The highest BCUT2D eigenvalue weighted by atomic mass is 79.9. The summed E-state index contributed by atoms with van der Waals surface area (Å²) in [7, 11) is 0. The molecule has 2 fully saturated rings. The van der Waals surface area contributed by atoms with E-state index < -0.39 is 0 Å². The van der Waals surface area contributed by atoms with Gasteiger partial charge in [0.05, 0.1) is 0 Å². The quantitative estimate of drug-likeness (QED) is 0.836. The Kier molecular flexibility index (Phi) is 5.56. The van der Waals surface area contributed by atoms with E-state index in [2.05, 4.69) is 28.2 Å². The van der Waals surface area contributed by atoms with Gasteiger partial charge in [0, 0.05) is 54.7 Å². The first kappa shape index (κ1) is 17.4. The Morgan fingerprint density at radius 3 is 2.42 bits per heavy atom. The number of halogens is 1. The summed E-state index contributed by atoms with van der Waals surface area (Å²) in [6.07, 6.45) is 1.52. The average molecular weight is 394 g/mol. The van der Waals surface area contributed by atoms with Crippen molar-refractivity contribution in [3.63, 3.8) is 0 Å². The molecule has 1 atom stereocenters. The molecule has 24 heavy (non-hydrogen) atoms. The highest BCUT2D eigenvalue weighted by molar-refractivity contribution is 9.10. The van der Waals surface area contributed by atoms with E-state index in [1.165, 1.54) is 0 Å². The monoisotopic (exact) mass is 393 g/mol. The van der Waals surface area contributed by atoms with Crippen LogP contribution in [0.15, 0.2) is 28.7 Å². The van der Waals surface area contributed by atoms with Crippen molar-refractivity contribution in [2.45, 2.75) is 25.8 Å². The maximum Gasteiger partial charge on any atom is 0.253 e. The summed E-state index contributed by atoms with van der Waals surface area (Å²) in [6.45, 7) is 5.94. The number of rotatable bonds is 2. The fourth-order valence-electron chi connectivity index (χ4n) is 3.51. The van der Waals surface area contributed by atoms with E-state index in [9.17, 15) is 9.59 Å². The van der Waals surface area contributed by atoms with Crippen LogP contribution < -0.4 is 5.32 Å². The van der Waals surface area contributed by atoms with Crippen molar-refractivity contribution in [2.75, 3.05) is 32.7 Å². The van der Waals surface area contributed by atoms with E-state index in [1.54, 1.807) is 0 Å². The minimum absolute atomic E-state index is 0.0551. The zero-order valence-corrected chi connectivity index (χ0v) is 15.6. The molecule has 3 rings (SSSR count). The molecule has 0 bridgehead atoms. The summed E-state index contributed by atoms with van der Waals surface area (Å²) < 4.78 is 0.966. The second-order valence-electron chi connectivity index (χ2n) is 6.66. The molecule has 6 heteroatoms. The fourth-order valence-corrected chi connectivity index (χ4v) is 3.77. The molecule has 130 valence electrons. The lowest BCUT2D eigenvalue weighted by Crippen LogP contribution is -2.55. The van der Waals surface area contributed by atoms with Crippen LogP contribution in [0.3, 0.4) is 0 Å². The van der Waals surface area contributed by atoms with Gasteiger partial charge in [-0.25, -0.2) is 0 Å². The second kappa shape index (κ2) is 7.66. The molecule has 0 spiro atoms. The molecule has 0 radical (unpaired) electrons. The fraction of sp³-hybridized carbons (Fsp3) is 0.556. The zero-order valence-electron chi connectivity index (χ0n) is 14.0. The van der Waals surface area contributed by atoms with Crippen LogP contribution in [0.25, 0.3) is 0 Å². The largest absolute Gasteiger partial charge is 0.339 e. The lowest BCUT2D eigenvalue weighted by atomic mass is 9.94. The lowest BCUT2D eigenvalue weighted by molar-refractivity contribution is -0.139. The third-order valence-electron chi connectivity index (χ3n) is 5.01. The van der Waals surface area contributed by atoms with Gasteiger partial charge >= 0.3 is 0 Å². The van der Waals surface area contributed by atoms with Gasteiger partial charge in [0.15, 0.2) is 0 Å². The van der Waals surface area contributed by atoms with Gasteiger partial charge in [-0.1, -0.05) is 15.9 Å². The summed E-state index contributed by atoms with van der Waals surface area (Å²) in [6, 6.07) is 7.71. The lowest BCUT2D eigenvalue weighted by Gasteiger charge is -2.39. The predicted octanol–water partition coefficient (Wildman–Crippen LogP) is 2.12. The van der Waals surface area contributed by atoms with Gasteiger partial charge < -0.3 is 15.1 Å². The number of nitrogens with one attached hydrogen (secondary N) is 1. The Morgan fingerprint density at radius 2 is 1.79 bits per heavy atom. The second-order valence-corrected chi connectivity index (χ2v) is 7.57. The third kappa shape index (κ3) is 3.81. The number of carbonyl (C=O) groups is 2. The highest BCUT2D eigenvalue weighted by Gasteiger charge is 2.33. The number of piperidine rings is 1. The Labute approximate surface area is 151 Å². The maximum absolute atomic E-state index is 12.7. The van der Waals surface area contributed by atoms with Gasteiger partial charge in [0.1, 0.15) is 0 Å². The van der Waals surface area contributed by atoms with Crippen molar-refractivity contribution < 1.29 is 9.59 Å². The highest BCUT2D eigenvalue weighted by Crippen LogP contribution is 2.23. The van der Waals surface area contributed by atoms with Gasteiger partial charge in [0.25, 0.3) is 5.91 Å². The first-order valence-corrected chi connectivity index (χ1v) is 9.41. The maximum atomic E-state index is 12.7. The molecule has 2 aliphatic rings. The van der Waals surface area contributed by atoms with Crippen molar-refractivity contribution in [1.82, 2.24) is 15.1 Å². The van der Waals surface area contributed by atoms with Crippen molar-refractivity contribution in [3.8, 4) is 0 Å². The third-order valence-corrected chi connectivity index (χ3v) is 5.54. The van der Waals surface area contributed by atoms with Crippen LogP contribution in [-0.4, -0.2) is 60.4 Å². The SMILES string of the molecule is C[C@@H]1CNCCN1C(=O)C1CCN(C(=O)c2ccc(Br)cc2)CC1. The molecule has 2 amide bonds. The number of amides is 2. The first-order chi connectivity index (χ1) is 11.6. The van der Waals surface area contributed by atoms with Crippen LogP contribution in [0.1, 0.15) is 30.1 Å². The predicted molar refractivity (Wildman–Crippen MR) is 96.8 cm³/mol. The van der Waals surface area contributed by atoms with Gasteiger partial charge in [-0.3, -0.25) is 9.59 Å². The molecular weight excluding hydrogens is 370 g/mol. The molecule has 1 N–H and O–H groups in total. The summed E-state index contributed by atoms with van der Waals surface area (Å²) >= 11 is 3.39. The van der Waals surface area contributed by atoms with Crippen LogP contribution in [-0.2, 0) is 4.79 Å². The molecule has 5 nitrogen and oxygen atoms in total. The average Bonchev–Trinajstić information content (AvgIpc) is 2.62. The van der Waals surface area contributed by atoms with Crippen molar-refractivity contribution in [1.29, 1.82) is 0 Å². The Bertz CT molecular complexity index is 597. The topological polar surface area (TPSA) is 52.7 Å². The van der Waals surface area contributed by atoms with Crippen molar-refractivity contribution in [2.24, 2.45) is 5.92 Å². The Hall–Kier alpha value is -1.40. The van der Waals surface area contributed by atoms with E-state index in [0.717, 1.165) is 36.9 Å². The van der Waals surface area contributed by atoms with E-state index in [-0.39, 0.29) is 23.8 Å². The number of piperazine rings is 1. The summed E-state index contributed by atoms with van der Waals surface area (Å²) in [5.74, 6) is 0.378. The normalized spacial score (nSPS) is 22.5. The molecule has 0 unspecified atom stereocenters. The Balaban J connectivity index is 1.56. The standard InChI is InChI=1S/C18H24BrN3O2/c1-13-12-20-8-11-22(13)18(24)15-6-9-21(10-7-15)17(23)14-2-4-16(19)5-3-14/h2-5,13,15,20H,6-12H2,1H3/t13-/m1/s1. The number of hydrogen-bond donors (Lipinski definition) is 1. The number of carbonyl (C=O) groups excluding carboxylic acids is 2. The first-order valence-electron chi connectivity index (χ1n) is 8.62. The molecular formula is C18H24BrN3O2. The molecule has 1 aromatic rings. The summed E-state index contributed by atoms with van der Waals surface area (Å²) in [5.41, 5.74) is 0.707. The molecule has 0 saturated carbocycles. The number of benzene rings is 1. The van der Waals surface area contributed by atoms with Crippen LogP contribution in [0.5, 0.6) is 0 Å². The zero-order chi connectivity index (χ0) is 17.1. The molecule has 2 aliphatic heterocycles. The number of hydrogen-bond acceptors (Lipinski definition) is 3. The smallest absolute Gasteiger partial charge is 0.253 e. The van der Waals surface area contributed by atoms with E-state index >= 15 is 0 Å². The molecule has 1 aromatic carbocycles. The van der Waals surface area contributed by atoms with E-state index in [0.29, 0.717) is 18.7 Å². The molecule has 0 aliphatic carbocycles. The Morgan fingerprint density at radius 1 is 1.12 bits per heavy atom. The minimum Gasteiger partial charge on any atom is -0.339 e. The van der Waals surface area contributed by atoms with E-state index in [4.69, 9.17) is 0 Å². The number of likely N-dealkylation sites (tertiary alicyclic amines) is 1. The summed E-state index contributed by atoms with van der Waals surface area (Å²) in [5, 5.41) is 3.32. The van der Waals surface area contributed by atoms with Gasteiger partial charge in [-0.2, -0.15) is 0 Å². The van der Waals surface area contributed by atoms with Gasteiger partial charge in [0.2, 0.25) is 5.91 Å². The van der Waals surface area contributed by atoms with Crippen LogP contribution >= 0.6 is 15.9 Å². The van der Waals surface area contributed by atoms with Gasteiger partial charge in [-0.15, -0.1) is 0 Å². The van der Waals surface area contributed by atoms with Crippen LogP contribution in [0.2, 0.25) is 0 Å². The minimum atomic E-state index is 0.0551. The van der Waals surface area contributed by atoms with Crippen LogP contribution in [0, 0.1) is 5.92 Å². The molecule has 2 heterocycles. The van der Waals surface area contributed by atoms with Crippen molar-refractivity contribution >= 4 is 27.7 Å². The molecule has 0 aromatic heterocycles. The van der Waals surface area contributed by atoms with E-state index in [1.807, 2.05) is 34.1 Å². The molecule has 2 saturated heterocycles. The van der Waals surface area contributed by atoms with Crippen LogP contribution in [0.4, 0.5) is 0 Å². The van der Waals surface area contributed by atoms with Gasteiger partial charge in [-0.05, 0) is 44.0 Å².